The highest BCUT2D eigenvalue weighted by Crippen LogP contribution is 2.13. The maximum Gasteiger partial charge on any atom is 0.322 e. The van der Waals surface area contributed by atoms with Crippen LogP contribution in [0.4, 0.5) is 0 Å². The Balaban J connectivity index is 0.00000289. The maximum atomic E-state index is 11.1. The number of aliphatic hydroxyl groups excluding tert-OH is 1. The highest BCUT2D eigenvalue weighted by atomic mass is 35.5. The number of rotatable bonds is 6. The second kappa shape index (κ2) is 8.74. The van der Waals surface area contributed by atoms with E-state index in [2.05, 4.69) is 4.74 Å². The standard InChI is InChI=1S/C12H17NO4.ClH/c1-16-12(15)11(13)8-9-2-4-10(5-3-9)17-7-6-14;/h2-5,11,14H,6-8,13H2,1H3;1H. The van der Waals surface area contributed by atoms with Gasteiger partial charge < -0.3 is 20.3 Å². The number of nitrogens with two attached hydrogens (primary N) is 1. The lowest BCUT2D eigenvalue weighted by Gasteiger charge is -2.10. The van der Waals surface area contributed by atoms with Crippen molar-refractivity contribution in [1.82, 2.24) is 0 Å². The van der Waals surface area contributed by atoms with E-state index in [0.717, 1.165) is 5.56 Å². The maximum absolute atomic E-state index is 11.1. The summed E-state index contributed by atoms with van der Waals surface area (Å²) in [7, 11) is 1.31. The Labute approximate surface area is 112 Å². The van der Waals surface area contributed by atoms with Gasteiger partial charge in [-0.2, -0.15) is 0 Å². The van der Waals surface area contributed by atoms with Crippen LogP contribution in [0.1, 0.15) is 5.56 Å². The lowest BCUT2D eigenvalue weighted by Crippen LogP contribution is -2.33. The molecule has 0 saturated carbocycles. The molecule has 18 heavy (non-hydrogen) atoms. The van der Waals surface area contributed by atoms with Crippen LogP contribution >= 0.6 is 12.4 Å². The summed E-state index contributed by atoms with van der Waals surface area (Å²) in [4.78, 5) is 11.1. The van der Waals surface area contributed by atoms with Crippen molar-refractivity contribution in [2.24, 2.45) is 5.73 Å². The fourth-order valence-electron chi connectivity index (χ4n) is 1.37. The first-order chi connectivity index (χ1) is 8.17. The van der Waals surface area contributed by atoms with Gasteiger partial charge in [-0.05, 0) is 24.1 Å². The predicted octanol–water partition coefficient (Wildman–Crippen LogP) is 0.522. The Hall–Kier alpha value is -1.30. The van der Waals surface area contributed by atoms with E-state index < -0.39 is 12.0 Å². The van der Waals surface area contributed by atoms with Gasteiger partial charge in [0.2, 0.25) is 0 Å². The zero-order valence-corrected chi connectivity index (χ0v) is 11.0. The molecule has 0 aliphatic rings. The summed E-state index contributed by atoms with van der Waals surface area (Å²) < 4.78 is 9.76. The fraction of sp³-hybridized carbons (Fsp3) is 0.417. The number of hydrogen-bond acceptors (Lipinski definition) is 5. The summed E-state index contributed by atoms with van der Waals surface area (Å²) in [5.74, 6) is 0.250. The van der Waals surface area contributed by atoms with Crippen molar-refractivity contribution in [1.29, 1.82) is 0 Å². The highest BCUT2D eigenvalue weighted by Gasteiger charge is 2.13. The molecule has 1 aromatic carbocycles. The molecule has 0 radical (unpaired) electrons. The summed E-state index contributed by atoms with van der Waals surface area (Å²) in [5.41, 5.74) is 6.57. The van der Waals surface area contributed by atoms with Crippen LogP contribution in [0.15, 0.2) is 24.3 Å². The van der Waals surface area contributed by atoms with Crippen LogP contribution in [-0.4, -0.2) is 37.4 Å². The van der Waals surface area contributed by atoms with E-state index in [1.54, 1.807) is 12.1 Å². The number of carbonyl (C=O) groups excluding carboxylic acids is 1. The molecular formula is C12H18ClNO4. The van der Waals surface area contributed by atoms with Gasteiger partial charge in [-0.25, -0.2) is 0 Å². The third-order valence-corrected chi connectivity index (χ3v) is 2.24. The molecule has 6 heteroatoms. The molecule has 0 bridgehead atoms. The van der Waals surface area contributed by atoms with Gasteiger partial charge in [0, 0.05) is 0 Å². The first kappa shape index (κ1) is 16.7. The topological polar surface area (TPSA) is 81.8 Å². The SMILES string of the molecule is COC(=O)C(N)Cc1ccc(OCCO)cc1.Cl. The lowest BCUT2D eigenvalue weighted by molar-refractivity contribution is -0.142. The van der Waals surface area contributed by atoms with Gasteiger partial charge in [-0.3, -0.25) is 4.79 Å². The van der Waals surface area contributed by atoms with E-state index in [-0.39, 0.29) is 25.6 Å². The monoisotopic (exact) mass is 275 g/mol. The number of halogens is 1. The summed E-state index contributed by atoms with van der Waals surface area (Å²) in [6.45, 7) is 0.246. The highest BCUT2D eigenvalue weighted by molar-refractivity contribution is 5.85. The van der Waals surface area contributed by atoms with Crippen molar-refractivity contribution in [3.63, 3.8) is 0 Å². The van der Waals surface area contributed by atoms with Crippen LogP contribution in [0.2, 0.25) is 0 Å². The summed E-state index contributed by atoms with van der Waals surface area (Å²) >= 11 is 0. The van der Waals surface area contributed by atoms with Crippen LogP contribution in [0, 0.1) is 0 Å². The first-order valence-corrected chi connectivity index (χ1v) is 5.33. The van der Waals surface area contributed by atoms with Crippen molar-refractivity contribution >= 4 is 18.4 Å². The average molecular weight is 276 g/mol. The van der Waals surface area contributed by atoms with Gasteiger partial charge in [0.1, 0.15) is 18.4 Å². The normalized spacial score (nSPS) is 11.3. The largest absolute Gasteiger partial charge is 0.491 e. The van der Waals surface area contributed by atoms with Crippen LogP contribution < -0.4 is 10.5 Å². The molecule has 0 saturated heterocycles. The van der Waals surface area contributed by atoms with Crippen molar-refractivity contribution in [3.05, 3.63) is 29.8 Å². The molecule has 102 valence electrons. The van der Waals surface area contributed by atoms with Crippen molar-refractivity contribution in [2.75, 3.05) is 20.3 Å². The van der Waals surface area contributed by atoms with E-state index in [4.69, 9.17) is 15.6 Å². The molecule has 0 spiro atoms. The number of ether oxygens (including phenoxy) is 2. The second-order valence-electron chi connectivity index (χ2n) is 3.55. The van der Waals surface area contributed by atoms with Gasteiger partial charge in [-0.15, -0.1) is 12.4 Å². The summed E-state index contributed by atoms with van der Waals surface area (Å²) in [5, 5.41) is 8.60. The third-order valence-electron chi connectivity index (χ3n) is 2.24. The number of methoxy groups -OCH3 is 1. The Morgan fingerprint density at radius 3 is 2.50 bits per heavy atom. The number of esters is 1. The minimum absolute atomic E-state index is 0. The van der Waals surface area contributed by atoms with E-state index in [1.807, 2.05) is 12.1 Å². The minimum Gasteiger partial charge on any atom is -0.491 e. The fourth-order valence-corrected chi connectivity index (χ4v) is 1.37. The molecule has 0 aliphatic heterocycles. The summed E-state index contributed by atoms with van der Waals surface area (Å²) in [6, 6.07) is 6.55. The summed E-state index contributed by atoms with van der Waals surface area (Å²) in [6.07, 6.45) is 0.424. The Morgan fingerprint density at radius 2 is 2.00 bits per heavy atom. The molecule has 0 aliphatic carbocycles. The molecule has 1 rings (SSSR count). The first-order valence-electron chi connectivity index (χ1n) is 5.33. The minimum atomic E-state index is -0.649. The van der Waals surface area contributed by atoms with Crippen LogP contribution in [0.25, 0.3) is 0 Å². The van der Waals surface area contributed by atoms with Crippen molar-refractivity contribution in [3.8, 4) is 5.75 Å². The molecule has 1 aromatic rings. The number of hydrogen-bond donors (Lipinski definition) is 2. The van der Waals surface area contributed by atoms with Gasteiger partial charge >= 0.3 is 5.97 Å². The van der Waals surface area contributed by atoms with Crippen molar-refractivity contribution in [2.45, 2.75) is 12.5 Å². The second-order valence-corrected chi connectivity index (χ2v) is 3.55. The smallest absolute Gasteiger partial charge is 0.322 e. The molecule has 5 nitrogen and oxygen atoms in total. The van der Waals surface area contributed by atoms with Crippen LogP contribution in [-0.2, 0) is 16.0 Å². The molecular weight excluding hydrogens is 258 g/mol. The number of carbonyl (C=O) groups is 1. The van der Waals surface area contributed by atoms with Gasteiger partial charge in [0.05, 0.1) is 13.7 Å². The number of benzene rings is 1. The molecule has 0 aromatic heterocycles. The Morgan fingerprint density at radius 1 is 1.39 bits per heavy atom. The molecule has 3 N–H and O–H groups in total. The van der Waals surface area contributed by atoms with Gasteiger partial charge in [-0.1, -0.05) is 12.1 Å². The lowest BCUT2D eigenvalue weighted by atomic mass is 10.1. The number of aliphatic hydroxyl groups is 1. The van der Waals surface area contributed by atoms with Gasteiger partial charge in [0.15, 0.2) is 0 Å². The third kappa shape index (κ3) is 5.35. The van der Waals surface area contributed by atoms with E-state index in [9.17, 15) is 4.79 Å². The average Bonchev–Trinajstić information content (AvgIpc) is 2.37. The quantitative estimate of drug-likeness (QED) is 0.740. The van der Waals surface area contributed by atoms with E-state index in [0.29, 0.717) is 12.2 Å². The molecule has 1 atom stereocenters. The van der Waals surface area contributed by atoms with E-state index in [1.165, 1.54) is 7.11 Å². The molecule has 1 unspecified atom stereocenters. The van der Waals surface area contributed by atoms with Crippen LogP contribution in [0.5, 0.6) is 5.75 Å². The van der Waals surface area contributed by atoms with Crippen molar-refractivity contribution < 1.29 is 19.4 Å². The van der Waals surface area contributed by atoms with E-state index >= 15 is 0 Å². The predicted molar refractivity (Wildman–Crippen MR) is 70.0 cm³/mol. The zero-order valence-electron chi connectivity index (χ0n) is 10.2. The molecule has 0 heterocycles. The zero-order chi connectivity index (χ0) is 12.7. The Kier molecular flexibility index (Phi) is 8.11. The van der Waals surface area contributed by atoms with Crippen LogP contribution in [0.3, 0.4) is 0 Å². The molecule has 0 amide bonds. The Bertz CT molecular complexity index is 356. The van der Waals surface area contributed by atoms with Gasteiger partial charge in [0.25, 0.3) is 0 Å². The molecule has 0 fully saturated rings.